The zero-order valence-corrected chi connectivity index (χ0v) is 7.07. The van der Waals surface area contributed by atoms with Crippen LogP contribution in [0.2, 0.25) is 0 Å². The molecule has 74 valence electrons. The maximum absolute atomic E-state index is 12.0. The van der Waals surface area contributed by atoms with Crippen molar-refractivity contribution in [1.82, 2.24) is 15.3 Å². The third-order valence-corrected chi connectivity index (χ3v) is 1.48. The minimum absolute atomic E-state index is 0.300. The third-order valence-electron chi connectivity index (χ3n) is 1.48. The quantitative estimate of drug-likeness (QED) is 0.764. The zero-order chi connectivity index (χ0) is 9.90. The van der Waals surface area contributed by atoms with E-state index in [2.05, 4.69) is 15.3 Å². The summed E-state index contributed by atoms with van der Waals surface area (Å²) >= 11 is 0. The summed E-state index contributed by atoms with van der Waals surface area (Å²) in [5, 5.41) is 2.87. The van der Waals surface area contributed by atoms with Crippen LogP contribution in [0.15, 0.2) is 6.20 Å². The summed E-state index contributed by atoms with van der Waals surface area (Å²) in [5.74, 6) is 0.300. The second kappa shape index (κ2) is 3.78. The molecule has 1 aromatic rings. The van der Waals surface area contributed by atoms with Crippen molar-refractivity contribution in [1.29, 1.82) is 0 Å². The van der Waals surface area contributed by atoms with Gasteiger partial charge in [-0.05, 0) is 6.54 Å². The summed E-state index contributed by atoms with van der Waals surface area (Å²) in [7, 11) is 0. The van der Waals surface area contributed by atoms with Gasteiger partial charge in [0, 0.05) is 0 Å². The maximum Gasteiger partial charge on any atom is 0.432 e. The summed E-state index contributed by atoms with van der Waals surface area (Å²) in [6, 6.07) is 0. The molecule has 1 rings (SSSR count). The summed E-state index contributed by atoms with van der Waals surface area (Å²) in [5.41, 5.74) is -0.805. The van der Waals surface area contributed by atoms with E-state index in [1.54, 1.807) is 0 Å². The first-order valence-electron chi connectivity index (χ1n) is 3.86. The molecule has 0 aliphatic carbocycles. The standard InChI is InChI=1S/C7H10F3N3/c1-2-11-4-6-12-3-5(13-6)7(8,9)10/h3,11H,2,4H2,1H3,(H,12,13). The number of alkyl halides is 3. The summed E-state index contributed by atoms with van der Waals surface area (Å²) in [4.78, 5) is 5.77. The number of rotatable bonds is 3. The van der Waals surface area contributed by atoms with Crippen LogP contribution >= 0.6 is 0 Å². The van der Waals surface area contributed by atoms with Crippen molar-refractivity contribution in [2.75, 3.05) is 6.54 Å². The molecule has 0 atom stereocenters. The molecule has 0 saturated heterocycles. The molecule has 2 N–H and O–H groups in total. The number of H-pyrrole nitrogens is 1. The first-order valence-corrected chi connectivity index (χ1v) is 3.86. The van der Waals surface area contributed by atoms with E-state index in [9.17, 15) is 13.2 Å². The lowest BCUT2D eigenvalue weighted by atomic mass is 10.5. The van der Waals surface area contributed by atoms with E-state index >= 15 is 0 Å². The molecule has 0 saturated carbocycles. The number of imidazole rings is 1. The predicted octanol–water partition coefficient (Wildman–Crippen LogP) is 1.54. The number of nitrogens with zero attached hydrogens (tertiary/aromatic N) is 1. The fourth-order valence-electron chi connectivity index (χ4n) is 0.840. The molecule has 0 bridgehead atoms. The maximum atomic E-state index is 12.0. The first-order chi connectivity index (χ1) is 6.04. The molecule has 0 fully saturated rings. The van der Waals surface area contributed by atoms with Gasteiger partial charge in [-0.2, -0.15) is 13.2 Å². The highest BCUT2D eigenvalue weighted by Crippen LogP contribution is 2.27. The normalized spacial score (nSPS) is 12.0. The Morgan fingerprint density at radius 1 is 1.54 bits per heavy atom. The third kappa shape index (κ3) is 2.73. The molecule has 1 heterocycles. The number of halogens is 3. The lowest BCUT2D eigenvalue weighted by Gasteiger charge is -2.01. The molecule has 0 spiro atoms. The van der Waals surface area contributed by atoms with Crippen molar-refractivity contribution in [3.8, 4) is 0 Å². The van der Waals surface area contributed by atoms with E-state index in [0.29, 0.717) is 18.9 Å². The van der Waals surface area contributed by atoms with Crippen LogP contribution in [0.4, 0.5) is 13.2 Å². The average Bonchev–Trinajstić information content (AvgIpc) is 2.47. The molecule has 3 nitrogen and oxygen atoms in total. The second-order valence-electron chi connectivity index (χ2n) is 2.52. The topological polar surface area (TPSA) is 40.7 Å². The van der Waals surface area contributed by atoms with Gasteiger partial charge in [-0.1, -0.05) is 6.92 Å². The predicted molar refractivity (Wildman–Crippen MR) is 41.0 cm³/mol. The van der Waals surface area contributed by atoms with Crippen LogP contribution in [0.1, 0.15) is 18.4 Å². The summed E-state index contributed by atoms with van der Waals surface area (Å²) < 4.78 is 36.1. The van der Waals surface area contributed by atoms with Gasteiger partial charge in [0.1, 0.15) is 11.5 Å². The average molecular weight is 193 g/mol. The highest BCUT2D eigenvalue weighted by atomic mass is 19.4. The van der Waals surface area contributed by atoms with Crippen molar-refractivity contribution >= 4 is 0 Å². The van der Waals surface area contributed by atoms with E-state index in [-0.39, 0.29) is 0 Å². The van der Waals surface area contributed by atoms with Gasteiger partial charge in [-0.25, -0.2) is 4.98 Å². The van der Waals surface area contributed by atoms with Gasteiger partial charge in [0.25, 0.3) is 0 Å². The van der Waals surface area contributed by atoms with E-state index in [0.717, 1.165) is 6.20 Å². The summed E-state index contributed by atoms with van der Waals surface area (Å²) in [6.07, 6.45) is -3.54. The van der Waals surface area contributed by atoms with Gasteiger partial charge in [0.15, 0.2) is 0 Å². The Hall–Kier alpha value is -1.04. The van der Waals surface area contributed by atoms with E-state index in [1.165, 1.54) is 0 Å². The van der Waals surface area contributed by atoms with Gasteiger partial charge in [0.05, 0.1) is 12.7 Å². The molecule has 6 heteroatoms. The lowest BCUT2D eigenvalue weighted by Crippen LogP contribution is -2.13. The first kappa shape index (κ1) is 10.0. The molecule has 1 aromatic heterocycles. The number of aromatic nitrogens is 2. The SMILES string of the molecule is CCNCc1ncc(C(F)(F)F)[nH]1. The Bertz CT molecular complexity index is 266. The Balaban J connectivity index is 2.64. The van der Waals surface area contributed by atoms with E-state index < -0.39 is 11.9 Å². The van der Waals surface area contributed by atoms with Crippen molar-refractivity contribution in [2.45, 2.75) is 19.6 Å². The Labute approximate surface area is 73.4 Å². The van der Waals surface area contributed by atoms with Crippen LogP contribution in [0.25, 0.3) is 0 Å². The van der Waals surface area contributed by atoms with E-state index in [1.807, 2.05) is 6.92 Å². The second-order valence-corrected chi connectivity index (χ2v) is 2.52. The number of hydrogen-bond donors (Lipinski definition) is 2. The minimum atomic E-state index is -4.34. The lowest BCUT2D eigenvalue weighted by molar-refractivity contribution is -0.140. The van der Waals surface area contributed by atoms with Crippen molar-refractivity contribution < 1.29 is 13.2 Å². The van der Waals surface area contributed by atoms with Crippen molar-refractivity contribution in [2.24, 2.45) is 0 Å². The molecule has 0 amide bonds. The van der Waals surface area contributed by atoms with Gasteiger partial charge in [-0.3, -0.25) is 0 Å². The number of aromatic amines is 1. The van der Waals surface area contributed by atoms with Gasteiger partial charge in [0.2, 0.25) is 0 Å². The molecular formula is C7H10F3N3. The van der Waals surface area contributed by atoms with Crippen LogP contribution in [-0.4, -0.2) is 16.5 Å². The Morgan fingerprint density at radius 2 is 2.23 bits per heavy atom. The van der Waals surface area contributed by atoms with Crippen LogP contribution in [-0.2, 0) is 12.7 Å². The van der Waals surface area contributed by atoms with Gasteiger partial charge >= 0.3 is 6.18 Å². The molecule has 0 aliphatic heterocycles. The van der Waals surface area contributed by atoms with Crippen LogP contribution in [0, 0.1) is 0 Å². The Kier molecular flexibility index (Phi) is 2.92. The highest BCUT2D eigenvalue weighted by Gasteiger charge is 2.32. The zero-order valence-electron chi connectivity index (χ0n) is 7.07. The Morgan fingerprint density at radius 3 is 2.69 bits per heavy atom. The fraction of sp³-hybridized carbons (Fsp3) is 0.571. The fourth-order valence-corrected chi connectivity index (χ4v) is 0.840. The minimum Gasteiger partial charge on any atom is -0.337 e. The van der Waals surface area contributed by atoms with Crippen LogP contribution in [0.3, 0.4) is 0 Å². The van der Waals surface area contributed by atoms with Crippen molar-refractivity contribution in [3.63, 3.8) is 0 Å². The van der Waals surface area contributed by atoms with Gasteiger partial charge in [-0.15, -0.1) is 0 Å². The highest BCUT2D eigenvalue weighted by molar-refractivity contribution is 5.04. The van der Waals surface area contributed by atoms with Gasteiger partial charge < -0.3 is 10.3 Å². The molecule has 13 heavy (non-hydrogen) atoms. The monoisotopic (exact) mass is 193 g/mol. The number of hydrogen-bond acceptors (Lipinski definition) is 2. The van der Waals surface area contributed by atoms with Crippen LogP contribution in [0.5, 0.6) is 0 Å². The number of nitrogens with one attached hydrogen (secondary N) is 2. The molecule has 0 aromatic carbocycles. The molecule has 0 radical (unpaired) electrons. The summed E-state index contributed by atoms with van der Waals surface area (Å²) in [6.45, 7) is 2.89. The smallest absolute Gasteiger partial charge is 0.337 e. The molecule has 0 aliphatic rings. The van der Waals surface area contributed by atoms with Crippen molar-refractivity contribution in [3.05, 3.63) is 17.7 Å². The van der Waals surface area contributed by atoms with Crippen LogP contribution < -0.4 is 5.32 Å². The molecular weight excluding hydrogens is 183 g/mol. The van der Waals surface area contributed by atoms with E-state index in [4.69, 9.17) is 0 Å². The largest absolute Gasteiger partial charge is 0.432 e. The molecule has 0 unspecified atom stereocenters.